The number of aryl methyl sites for hydroxylation is 2. The van der Waals surface area contributed by atoms with Crippen LogP contribution in [-0.4, -0.2) is 104 Å². The zero-order valence-electron chi connectivity index (χ0n) is 35.4. The minimum atomic E-state index is -0.784. The lowest BCUT2D eigenvalue weighted by Crippen LogP contribution is -2.23. The molecule has 0 radical (unpaired) electrons. The SMILES string of the molecule is CO.COC(=O)CCC/C=C\C[C@@H]1[C@@H](CC[C@@H](O)CCc2ccccc2)[C@H](O)C[C@@H]1O.O=C(O)CCC/C=C\C[C@@H]1[C@@H](CC[C@@H](O)CCc2ccccc2)[C@H](O)C[C@@H]1O. The molecule has 0 unspecified atom stereocenters. The molecule has 0 spiro atoms. The van der Waals surface area contributed by atoms with Crippen LogP contribution in [0, 0.1) is 23.7 Å². The molecule has 2 saturated carbocycles. The lowest BCUT2D eigenvalue weighted by Gasteiger charge is -2.23. The Morgan fingerprint density at radius 1 is 0.610 bits per heavy atom. The summed E-state index contributed by atoms with van der Waals surface area (Å²) >= 11 is 0. The van der Waals surface area contributed by atoms with E-state index in [1.54, 1.807) is 0 Å². The van der Waals surface area contributed by atoms with Gasteiger partial charge in [0.2, 0.25) is 0 Å². The Bertz CT molecular complexity index is 1430. The van der Waals surface area contributed by atoms with E-state index in [-0.39, 0.29) is 36.1 Å². The lowest BCUT2D eigenvalue weighted by atomic mass is 9.85. The summed E-state index contributed by atoms with van der Waals surface area (Å²) in [5.74, 6) is -0.969. The normalized spacial score (nSPS) is 24.9. The molecular formula is C48H74O11. The number of aliphatic hydroxyl groups excluding tert-OH is 7. The van der Waals surface area contributed by atoms with E-state index in [2.05, 4.69) is 29.0 Å². The number of hydrogen-bond donors (Lipinski definition) is 8. The van der Waals surface area contributed by atoms with Crippen molar-refractivity contribution in [3.63, 3.8) is 0 Å². The summed E-state index contributed by atoms with van der Waals surface area (Å²) < 4.78 is 4.62. The van der Waals surface area contributed by atoms with E-state index in [1.807, 2.05) is 60.7 Å². The Morgan fingerprint density at radius 2 is 1.00 bits per heavy atom. The maximum atomic E-state index is 11.1. The smallest absolute Gasteiger partial charge is 0.305 e. The highest BCUT2D eigenvalue weighted by atomic mass is 16.5. The molecule has 332 valence electrons. The standard InChI is InChI=1S/C24H36O5.C23H34O5.CH4O/c1-29-24(28)12-8-3-2-7-11-20-21(23(27)17-22(20)26)16-15-19(25)14-13-18-9-5-4-6-10-18;24-18(13-12-17-8-4-3-5-9-17)14-15-20-19(21(25)16-22(20)26)10-6-1-2-7-11-23(27)28;1-2/h2,4-7,9-10,19-23,25-27H,3,8,11-17H2,1H3;1,3-6,8-9,18-22,24-26H,2,7,10-16H2,(H,27,28);2H,1H3/b7-2-;6-1-;/t19-,20+,21+,22-,23+;18-,19+,20+,21-,22+;/m00./s1. The highest BCUT2D eigenvalue weighted by Gasteiger charge is 2.41. The lowest BCUT2D eigenvalue weighted by molar-refractivity contribution is -0.140. The van der Waals surface area contributed by atoms with Gasteiger partial charge in [-0.15, -0.1) is 0 Å². The molecule has 8 N–H and O–H groups in total. The second-order valence-electron chi connectivity index (χ2n) is 16.1. The van der Waals surface area contributed by atoms with Crippen molar-refractivity contribution in [2.45, 2.75) is 152 Å². The molecule has 0 aromatic heterocycles. The maximum Gasteiger partial charge on any atom is 0.305 e. The number of rotatable bonds is 24. The number of aliphatic hydroxyl groups is 7. The van der Waals surface area contributed by atoms with Gasteiger partial charge >= 0.3 is 11.9 Å². The Balaban J connectivity index is 0.000000391. The molecule has 59 heavy (non-hydrogen) atoms. The number of carboxylic acid groups (broad SMARTS) is 1. The van der Waals surface area contributed by atoms with Crippen molar-refractivity contribution in [2.24, 2.45) is 23.7 Å². The van der Waals surface area contributed by atoms with Crippen molar-refractivity contribution >= 4 is 11.9 Å². The van der Waals surface area contributed by atoms with Crippen LogP contribution in [0.15, 0.2) is 85.0 Å². The number of allylic oxidation sites excluding steroid dienone is 4. The molecule has 0 bridgehead atoms. The van der Waals surface area contributed by atoms with Crippen molar-refractivity contribution in [1.29, 1.82) is 0 Å². The van der Waals surface area contributed by atoms with Gasteiger partial charge in [0.05, 0.1) is 43.7 Å². The topological polar surface area (TPSA) is 205 Å². The average Bonchev–Trinajstić information content (AvgIpc) is 3.67. The zero-order chi connectivity index (χ0) is 43.4. The fraction of sp³-hybridized carbons (Fsp3) is 0.625. The average molecular weight is 827 g/mol. The highest BCUT2D eigenvalue weighted by Crippen LogP contribution is 2.39. The third-order valence-corrected chi connectivity index (χ3v) is 11.8. The number of methoxy groups -OCH3 is 1. The summed E-state index contributed by atoms with van der Waals surface area (Å²) in [5, 5.41) is 77.6. The Kier molecular flexibility index (Phi) is 26.8. The number of carbonyl (C=O) groups excluding carboxylic acids is 1. The Morgan fingerprint density at radius 3 is 1.39 bits per heavy atom. The van der Waals surface area contributed by atoms with Gasteiger partial charge in [-0.3, -0.25) is 9.59 Å². The fourth-order valence-electron chi connectivity index (χ4n) is 8.41. The first-order valence-electron chi connectivity index (χ1n) is 21.7. The number of ether oxygens (including phenoxy) is 1. The molecule has 11 nitrogen and oxygen atoms in total. The van der Waals surface area contributed by atoms with Crippen molar-refractivity contribution in [3.05, 3.63) is 96.1 Å². The van der Waals surface area contributed by atoms with E-state index < -0.39 is 42.6 Å². The number of hydrogen-bond acceptors (Lipinski definition) is 10. The predicted molar refractivity (Wildman–Crippen MR) is 230 cm³/mol. The molecule has 2 aromatic rings. The third-order valence-electron chi connectivity index (χ3n) is 11.8. The van der Waals surface area contributed by atoms with Gasteiger partial charge in [-0.25, -0.2) is 0 Å². The highest BCUT2D eigenvalue weighted by molar-refractivity contribution is 5.69. The van der Waals surface area contributed by atoms with Crippen LogP contribution in [0.1, 0.15) is 114 Å². The van der Waals surface area contributed by atoms with Crippen molar-refractivity contribution in [3.8, 4) is 0 Å². The van der Waals surface area contributed by atoms with E-state index in [0.29, 0.717) is 77.0 Å². The largest absolute Gasteiger partial charge is 0.481 e. The molecule has 0 heterocycles. The van der Waals surface area contributed by atoms with Gasteiger partial charge in [0.25, 0.3) is 0 Å². The quantitative estimate of drug-likeness (QED) is 0.0333. The minimum Gasteiger partial charge on any atom is -0.481 e. The second-order valence-corrected chi connectivity index (χ2v) is 16.1. The summed E-state index contributed by atoms with van der Waals surface area (Å²) in [6.45, 7) is 0. The number of carbonyl (C=O) groups is 2. The van der Waals surface area contributed by atoms with Gasteiger partial charge in [-0.1, -0.05) is 85.0 Å². The Hall–Kier alpha value is -3.42. The summed E-state index contributed by atoms with van der Waals surface area (Å²) in [4.78, 5) is 21.6. The van der Waals surface area contributed by atoms with Gasteiger partial charge in [-0.05, 0) is 138 Å². The number of esters is 1. The molecule has 2 fully saturated rings. The van der Waals surface area contributed by atoms with Crippen LogP contribution in [0.4, 0.5) is 0 Å². The third kappa shape index (κ3) is 21.1. The monoisotopic (exact) mass is 827 g/mol. The van der Waals surface area contributed by atoms with Crippen LogP contribution in [0.3, 0.4) is 0 Å². The predicted octanol–water partition coefficient (Wildman–Crippen LogP) is 6.34. The van der Waals surface area contributed by atoms with Crippen molar-refractivity contribution in [1.82, 2.24) is 0 Å². The summed E-state index contributed by atoms with van der Waals surface area (Å²) in [5.41, 5.74) is 2.43. The number of carboxylic acids is 1. The first kappa shape index (κ1) is 51.7. The van der Waals surface area contributed by atoms with Crippen LogP contribution in [0.2, 0.25) is 0 Å². The van der Waals surface area contributed by atoms with Gasteiger partial charge in [0.1, 0.15) is 0 Å². The van der Waals surface area contributed by atoms with E-state index >= 15 is 0 Å². The van der Waals surface area contributed by atoms with E-state index in [0.717, 1.165) is 39.2 Å². The molecule has 2 aromatic carbocycles. The molecule has 2 aliphatic rings. The molecule has 0 aliphatic heterocycles. The first-order chi connectivity index (χ1) is 28.5. The number of aliphatic carboxylic acids is 1. The van der Waals surface area contributed by atoms with E-state index in [1.165, 1.54) is 18.2 Å². The van der Waals surface area contributed by atoms with E-state index in [4.69, 9.17) is 10.2 Å². The first-order valence-corrected chi connectivity index (χ1v) is 21.7. The van der Waals surface area contributed by atoms with Crippen LogP contribution in [-0.2, 0) is 27.2 Å². The number of benzene rings is 2. The second kappa shape index (κ2) is 30.6. The van der Waals surface area contributed by atoms with Crippen LogP contribution < -0.4 is 0 Å². The molecule has 10 atom stereocenters. The molecular weight excluding hydrogens is 753 g/mol. The molecule has 0 amide bonds. The van der Waals surface area contributed by atoms with Crippen LogP contribution in [0.25, 0.3) is 0 Å². The van der Waals surface area contributed by atoms with Gasteiger partial charge in [0, 0.05) is 20.0 Å². The van der Waals surface area contributed by atoms with Crippen molar-refractivity contribution in [2.75, 3.05) is 14.2 Å². The molecule has 11 heteroatoms. The molecule has 4 rings (SSSR count). The van der Waals surface area contributed by atoms with Gasteiger partial charge < -0.3 is 45.6 Å². The van der Waals surface area contributed by atoms with Gasteiger partial charge in [-0.2, -0.15) is 0 Å². The van der Waals surface area contributed by atoms with Crippen LogP contribution >= 0.6 is 0 Å². The van der Waals surface area contributed by atoms with E-state index in [9.17, 15) is 40.2 Å². The fourth-order valence-corrected chi connectivity index (χ4v) is 8.41. The maximum absolute atomic E-state index is 11.1. The molecule has 0 saturated heterocycles. The Labute approximate surface area is 352 Å². The minimum absolute atomic E-state index is 0.00736. The van der Waals surface area contributed by atoms with Crippen molar-refractivity contribution < 1.29 is 55.2 Å². The summed E-state index contributed by atoms with van der Waals surface area (Å²) in [6.07, 6.45) is 16.6. The zero-order valence-corrected chi connectivity index (χ0v) is 35.4. The number of unbranched alkanes of at least 4 members (excludes halogenated alkanes) is 2. The van der Waals surface area contributed by atoms with Gasteiger partial charge in [0.15, 0.2) is 0 Å². The summed E-state index contributed by atoms with van der Waals surface area (Å²) in [6, 6.07) is 20.2. The summed E-state index contributed by atoms with van der Waals surface area (Å²) in [7, 11) is 2.39. The van der Waals surface area contributed by atoms with Crippen LogP contribution in [0.5, 0.6) is 0 Å². The molecule has 2 aliphatic carbocycles.